The Morgan fingerprint density at radius 3 is 2.32 bits per heavy atom. The number of nitrogens with zero attached hydrogens (tertiary/aromatic N) is 4. The fraction of sp³-hybridized carbons (Fsp3) is 0.542. The van der Waals surface area contributed by atoms with E-state index in [9.17, 15) is 4.79 Å². The van der Waals surface area contributed by atoms with Crippen LogP contribution in [0.5, 0.6) is 11.5 Å². The first-order valence-corrected chi connectivity index (χ1v) is 11.3. The highest BCUT2D eigenvalue weighted by molar-refractivity contribution is 5.63. The molecule has 1 aromatic heterocycles. The number of nitrogens with one attached hydrogen (secondary N) is 1. The Hall–Kier alpha value is -3.27. The molecule has 1 N–H and O–H groups in total. The lowest BCUT2D eigenvalue weighted by atomic mass is 9.97. The summed E-state index contributed by atoms with van der Waals surface area (Å²) in [7, 11) is 5.25. The molecule has 3 rings (SSSR count). The van der Waals surface area contributed by atoms with Crippen LogP contribution in [0.3, 0.4) is 0 Å². The van der Waals surface area contributed by atoms with Crippen molar-refractivity contribution in [3.05, 3.63) is 30.6 Å². The fourth-order valence-corrected chi connectivity index (χ4v) is 3.69. The molecule has 10 nitrogen and oxygen atoms in total. The van der Waals surface area contributed by atoms with E-state index in [1.807, 2.05) is 52.1 Å². The van der Waals surface area contributed by atoms with Gasteiger partial charge in [0.25, 0.3) is 0 Å². The van der Waals surface area contributed by atoms with Gasteiger partial charge >= 0.3 is 6.16 Å². The molecule has 1 aromatic carbocycles. The minimum atomic E-state index is -0.655. The number of rotatable bonds is 8. The average Bonchev–Trinajstić information content (AvgIpc) is 2.79. The summed E-state index contributed by atoms with van der Waals surface area (Å²) in [5, 5.41) is 4.97. The number of hydrogen-bond acceptors (Lipinski definition) is 10. The van der Waals surface area contributed by atoms with E-state index in [2.05, 4.69) is 20.2 Å². The van der Waals surface area contributed by atoms with Crippen LogP contribution in [0.1, 0.15) is 33.6 Å². The molecule has 34 heavy (non-hydrogen) atoms. The van der Waals surface area contributed by atoms with Crippen LogP contribution in [0.25, 0.3) is 0 Å². The molecule has 0 aliphatic carbocycles. The number of methoxy groups -OCH3 is 2. The predicted octanol–water partition coefficient (Wildman–Crippen LogP) is 4.25. The molecule has 2 aromatic rings. The predicted molar refractivity (Wildman–Crippen MR) is 130 cm³/mol. The van der Waals surface area contributed by atoms with Crippen molar-refractivity contribution in [3.63, 3.8) is 0 Å². The van der Waals surface area contributed by atoms with Crippen molar-refractivity contribution in [2.45, 2.75) is 39.2 Å². The summed E-state index contributed by atoms with van der Waals surface area (Å²) >= 11 is 0. The quantitative estimate of drug-likeness (QED) is 0.560. The second kappa shape index (κ2) is 11.2. The summed E-state index contributed by atoms with van der Waals surface area (Å²) in [4.78, 5) is 28.1. The zero-order valence-corrected chi connectivity index (χ0v) is 20.8. The van der Waals surface area contributed by atoms with E-state index in [-0.39, 0.29) is 0 Å². The van der Waals surface area contributed by atoms with Gasteiger partial charge in [-0.15, -0.1) is 5.06 Å². The molecular weight excluding hydrogens is 438 g/mol. The summed E-state index contributed by atoms with van der Waals surface area (Å²) in [5.41, 5.74) is 0.239. The number of piperidine rings is 1. The maximum Gasteiger partial charge on any atom is 0.528 e. The lowest BCUT2D eigenvalue weighted by molar-refractivity contribution is -0.154. The molecule has 1 aliphatic rings. The molecular formula is C24H35N5O5. The lowest BCUT2D eigenvalue weighted by Crippen LogP contribution is -2.40. The number of anilines is 3. The number of benzene rings is 1. The van der Waals surface area contributed by atoms with E-state index in [0.29, 0.717) is 36.3 Å². The second-order valence-corrected chi connectivity index (χ2v) is 9.30. The second-order valence-electron chi connectivity index (χ2n) is 9.30. The van der Waals surface area contributed by atoms with E-state index >= 15 is 0 Å². The first-order chi connectivity index (χ1) is 16.1. The average molecular weight is 474 g/mol. The maximum atomic E-state index is 11.9. The van der Waals surface area contributed by atoms with E-state index in [1.54, 1.807) is 25.6 Å². The molecule has 0 saturated carbocycles. The van der Waals surface area contributed by atoms with Crippen molar-refractivity contribution in [2.75, 3.05) is 51.1 Å². The summed E-state index contributed by atoms with van der Waals surface area (Å²) in [6.45, 7) is 7.63. The third-order valence-corrected chi connectivity index (χ3v) is 5.37. The topological polar surface area (TPSA) is 98.3 Å². The number of aromatic nitrogens is 2. The van der Waals surface area contributed by atoms with Crippen LogP contribution in [-0.2, 0) is 9.57 Å². The van der Waals surface area contributed by atoms with Crippen LogP contribution in [0.4, 0.5) is 22.1 Å². The highest BCUT2D eigenvalue weighted by Crippen LogP contribution is 2.28. The van der Waals surface area contributed by atoms with Crippen LogP contribution >= 0.6 is 0 Å². The van der Waals surface area contributed by atoms with Gasteiger partial charge in [-0.05, 0) is 39.5 Å². The standard InChI is InChI=1S/C24H35N5O5/c1-24(2,3)33-23(30)34-29-9-7-17(8-10-29)15-28(4)22-14-21(25-16-26-22)27-18-11-19(31-5)13-20(12-18)32-6/h11-14,16-17H,7-10,15H2,1-6H3,(H,25,26,27). The van der Waals surface area contributed by atoms with Crippen molar-refractivity contribution in [2.24, 2.45) is 5.92 Å². The van der Waals surface area contributed by atoms with Crippen molar-refractivity contribution in [1.82, 2.24) is 15.0 Å². The van der Waals surface area contributed by atoms with Crippen LogP contribution < -0.4 is 19.7 Å². The van der Waals surface area contributed by atoms with Crippen molar-refractivity contribution < 1.29 is 23.8 Å². The Labute approximate surface area is 201 Å². The molecule has 0 amide bonds. The Balaban J connectivity index is 1.53. The maximum absolute atomic E-state index is 11.9. The molecule has 0 bridgehead atoms. The fourth-order valence-electron chi connectivity index (χ4n) is 3.69. The Kier molecular flexibility index (Phi) is 8.38. The lowest BCUT2D eigenvalue weighted by Gasteiger charge is -2.33. The SMILES string of the molecule is COc1cc(Nc2cc(N(C)CC3CCN(OC(=O)OC(C)(C)C)CC3)ncn2)cc(OC)c1. The smallest absolute Gasteiger partial charge is 0.497 e. The van der Waals surface area contributed by atoms with Gasteiger partial charge in [-0.25, -0.2) is 14.8 Å². The van der Waals surface area contributed by atoms with Crippen LogP contribution in [0.15, 0.2) is 30.6 Å². The third kappa shape index (κ3) is 7.65. The van der Waals surface area contributed by atoms with E-state index in [0.717, 1.165) is 30.9 Å². The van der Waals surface area contributed by atoms with Crippen LogP contribution in [0.2, 0.25) is 0 Å². The summed E-state index contributed by atoms with van der Waals surface area (Å²) in [5.74, 6) is 3.33. The van der Waals surface area contributed by atoms with E-state index in [4.69, 9.17) is 19.0 Å². The minimum absolute atomic E-state index is 0.456. The minimum Gasteiger partial charge on any atom is -0.497 e. The molecule has 1 fully saturated rings. The van der Waals surface area contributed by atoms with Gasteiger partial charge in [0, 0.05) is 56.6 Å². The Morgan fingerprint density at radius 1 is 1.09 bits per heavy atom. The molecule has 1 saturated heterocycles. The summed E-state index contributed by atoms with van der Waals surface area (Å²) in [6, 6.07) is 7.48. The van der Waals surface area contributed by atoms with Crippen molar-refractivity contribution in [1.29, 1.82) is 0 Å². The molecule has 1 aliphatic heterocycles. The van der Waals surface area contributed by atoms with Gasteiger partial charge in [0.2, 0.25) is 0 Å². The zero-order chi connectivity index (χ0) is 24.7. The number of carbonyl (C=O) groups excluding carboxylic acids is 1. The summed E-state index contributed by atoms with van der Waals surface area (Å²) in [6.07, 6.45) is 2.71. The molecule has 0 spiro atoms. The molecule has 0 radical (unpaired) electrons. The van der Waals surface area contributed by atoms with Gasteiger partial charge in [0.05, 0.1) is 14.2 Å². The van der Waals surface area contributed by atoms with Crippen LogP contribution in [0, 0.1) is 5.92 Å². The number of ether oxygens (including phenoxy) is 3. The van der Waals surface area contributed by atoms with Gasteiger partial charge in [0.1, 0.15) is 35.1 Å². The molecule has 0 unspecified atom stereocenters. The highest BCUT2D eigenvalue weighted by Gasteiger charge is 2.26. The van der Waals surface area contributed by atoms with Gasteiger partial charge in [0.15, 0.2) is 0 Å². The Bertz CT molecular complexity index is 935. The molecule has 10 heteroatoms. The van der Waals surface area contributed by atoms with Gasteiger partial charge in [-0.2, -0.15) is 0 Å². The van der Waals surface area contributed by atoms with Crippen molar-refractivity contribution >= 4 is 23.5 Å². The largest absolute Gasteiger partial charge is 0.528 e. The number of hydroxylamine groups is 2. The first kappa shape index (κ1) is 25.4. The van der Waals surface area contributed by atoms with Gasteiger partial charge in [-0.1, -0.05) is 0 Å². The monoisotopic (exact) mass is 473 g/mol. The third-order valence-electron chi connectivity index (χ3n) is 5.37. The number of hydrogen-bond donors (Lipinski definition) is 1. The van der Waals surface area contributed by atoms with Gasteiger partial charge in [-0.3, -0.25) is 0 Å². The van der Waals surface area contributed by atoms with E-state index in [1.165, 1.54) is 0 Å². The number of carbonyl (C=O) groups is 1. The van der Waals surface area contributed by atoms with Crippen LogP contribution in [-0.4, -0.2) is 67.7 Å². The molecule has 0 atom stereocenters. The Morgan fingerprint density at radius 2 is 1.74 bits per heavy atom. The highest BCUT2D eigenvalue weighted by atomic mass is 16.8. The van der Waals surface area contributed by atoms with E-state index < -0.39 is 11.8 Å². The molecule has 186 valence electrons. The summed E-state index contributed by atoms with van der Waals surface area (Å²) < 4.78 is 15.9. The normalized spacial score (nSPS) is 14.9. The van der Waals surface area contributed by atoms with Crippen molar-refractivity contribution in [3.8, 4) is 11.5 Å². The zero-order valence-electron chi connectivity index (χ0n) is 20.8. The molecule has 2 heterocycles. The van der Waals surface area contributed by atoms with Gasteiger partial charge < -0.3 is 29.3 Å². The first-order valence-electron chi connectivity index (χ1n) is 11.3.